The van der Waals surface area contributed by atoms with Gasteiger partial charge in [-0.15, -0.1) is 22.7 Å². The first-order chi connectivity index (χ1) is 12.0. The van der Waals surface area contributed by atoms with Crippen molar-refractivity contribution < 1.29 is 9.59 Å². The van der Waals surface area contributed by atoms with Gasteiger partial charge in [0.25, 0.3) is 5.91 Å². The highest BCUT2D eigenvalue weighted by Gasteiger charge is 2.40. The van der Waals surface area contributed by atoms with E-state index < -0.39 is 6.04 Å². The number of amides is 2. The number of likely N-dealkylation sites (tertiary alicyclic amines) is 1. The Morgan fingerprint density at radius 1 is 1.36 bits per heavy atom. The van der Waals surface area contributed by atoms with Crippen molar-refractivity contribution in [1.29, 1.82) is 0 Å². The van der Waals surface area contributed by atoms with E-state index in [1.165, 1.54) is 11.3 Å². The molecule has 134 valence electrons. The van der Waals surface area contributed by atoms with Gasteiger partial charge in [0, 0.05) is 31.1 Å². The highest BCUT2D eigenvalue weighted by Crippen LogP contribution is 2.29. The molecule has 2 aromatic heterocycles. The highest BCUT2D eigenvalue weighted by atomic mass is 32.1. The summed E-state index contributed by atoms with van der Waals surface area (Å²) in [5.41, 5.74) is 6.44. The second-order valence-electron chi connectivity index (χ2n) is 5.99. The smallest absolute Gasteiger partial charge is 0.274 e. The van der Waals surface area contributed by atoms with Gasteiger partial charge >= 0.3 is 0 Å². The third-order valence-electron chi connectivity index (χ3n) is 4.41. The van der Waals surface area contributed by atoms with Gasteiger partial charge in [-0.2, -0.15) is 0 Å². The number of aromatic nitrogens is 1. The molecule has 0 saturated carbocycles. The molecule has 8 heteroatoms. The average Bonchev–Trinajstić information content (AvgIpc) is 3.34. The fourth-order valence-electron chi connectivity index (χ4n) is 3.11. The van der Waals surface area contributed by atoms with Crippen LogP contribution in [-0.4, -0.2) is 58.3 Å². The van der Waals surface area contributed by atoms with E-state index in [9.17, 15) is 9.59 Å². The fraction of sp³-hybridized carbons (Fsp3) is 0.471. The third kappa shape index (κ3) is 3.61. The van der Waals surface area contributed by atoms with Crippen LogP contribution in [0.15, 0.2) is 22.9 Å². The molecule has 1 aliphatic rings. The van der Waals surface area contributed by atoms with Crippen LogP contribution in [0.1, 0.15) is 30.8 Å². The second-order valence-corrected chi connectivity index (χ2v) is 7.80. The number of hydrogen-bond donors (Lipinski definition) is 1. The number of likely N-dealkylation sites (N-methyl/N-ethyl adjacent to an activating group) is 1. The van der Waals surface area contributed by atoms with Gasteiger partial charge in [0.1, 0.15) is 16.7 Å². The van der Waals surface area contributed by atoms with Crippen LogP contribution in [-0.2, 0) is 4.79 Å². The summed E-state index contributed by atoms with van der Waals surface area (Å²) in [6, 6.07) is 3.27. The third-order valence-corrected chi connectivity index (χ3v) is 6.29. The number of thiazole rings is 1. The Balaban J connectivity index is 1.81. The molecule has 1 aliphatic heterocycles. The van der Waals surface area contributed by atoms with Gasteiger partial charge in [-0.3, -0.25) is 9.59 Å². The molecule has 2 N–H and O–H groups in total. The van der Waals surface area contributed by atoms with Crippen molar-refractivity contribution in [3.05, 3.63) is 28.6 Å². The Labute approximate surface area is 155 Å². The van der Waals surface area contributed by atoms with Crippen LogP contribution in [0.4, 0.5) is 0 Å². The van der Waals surface area contributed by atoms with E-state index in [-0.39, 0.29) is 17.9 Å². The molecule has 0 bridgehead atoms. The summed E-state index contributed by atoms with van der Waals surface area (Å²) in [6.07, 6.45) is 0.503. The standard InChI is InChI=1S/C17H22N4O2S2/c1-3-20(4-2)17(23)13-8-11(18)9-21(13)16(22)12-10-25-15(19-12)14-6-5-7-24-14/h5-7,10-11,13H,3-4,8-9,18H2,1-2H3/t11-,13-/m0/s1. The summed E-state index contributed by atoms with van der Waals surface area (Å²) < 4.78 is 0. The number of thiophene rings is 1. The number of carbonyl (C=O) groups excluding carboxylic acids is 2. The molecule has 6 nitrogen and oxygen atoms in total. The van der Waals surface area contributed by atoms with Crippen LogP contribution in [0.25, 0.3) is 9.88 Å². The molecule has 2 amide bonds. The molecule has 0 aliphatic carbocycles. The second kappa shape index (κ2) is 7.63. The van der Waals surface area contributed by atoms with E-state index in [2.05, 4.69) is 4.98 Å². The predicted octanol–water partition coefficient (Wildman–Crippen LogP) is 2.28. The van der Waals surface area contributed by atoms with Crippen LogP contribution >= 0.6 is 22.7 Å². The Bertz CT molecular complexity index is 740. The minimum atomic E-state index is -0.491. The van der Waals surface area contributed by atoms with Gasteiger partial charge < -0.3 is 15.5 Å². The average molecular weight is 379 g/mol. The quantitative estimate of drug-likeness (QED) is 0.866. The molecule has 0 unspecified atom stereocenters. The Morgan fingerprint density at radius 3 is 2.76 bits per heavy atom. The summed E-state index contributed by atoms with van der Waals surface area (Å²) in [6.45, 7) is 5.53. The van der Waals surface area contributed by atoms with Crippen LogP contribution in [0, 0.1) is 0 Å². The van der Waals surface area contributed by atoms with E-state index in [1.54, 1.807) is 26.5 Å². The highest BCUT2D eigenvalue weighted by molar-refractivity contribution is 7.20. The number of nitrogens with zero attached hydrogens (tertiary/aromatic N) is 3. The lowest BCUT2D eigenvalue weighted by atomic mass is 10.1. The molecule has 2 aromatic rings. The molecule has 0 aromatic carbocycles. The minimum absolute atomic E-state index is 0.0278. The lowest BCUT2D eigenvalue weighted by Gasteiger charge is -2.28. The summed E-state index contributed by atoms with van der Waals surface area (Å²) in [5, 5.41) is 4.57. The molecule has 0 radical (unpaired) electrons. The van der Waals surface area contributed by atoms with Crippen molar-refractivity contribution >= 4 is 34.5 Å². The molecule has 25 heavy (non-hydrogen) atoms. The summed E-state index contributed by atoms with van der Waals surface area (Å²) in [5.74, 6) is -0.238. The molecule has 1 saturated heterocycles. The SMILES string of the molecule is CCN(CC)C(=O)[C@@H]1C[C@H](N)CN1C(=O)c1csc(-c2cccs2)n1. The Hall–Kier alpha value is -1.77. The summed E-state index contributed by atoms with van der Waals surface area (Å²) in [7, 11) is 0. The van der Waals surface area contributed by atoms with Crippen LogP contribution in [0.3, 0.4) is 0 Å². The number of nitrogens with two attached hydrogens (primary N) is 1. The molecule has 3 rings (SSSR count). The lowest BCUT2D eigenvalue weighted by Crippen LogP contribution is -2.47. The Kier molecular flexibility index (Phi) is 5.51. The number of hydrogen-bond acceptors (Lipinski definition) is 6. The molecular formula is C17H22N4O2S2. The number of carbonyl (C=O) groups is 2. The normalized spacial score (nSPS) is 20.0. The van der Waals surface area contributed by atoms with E-state index in [1.807, 2.05) is 31.4 Å². The Morgan fingerprint density at radius 2 is 2.12 bits per heavy atom. The molecular weight excluding hydrogens is 356 g/mol. The molecule has 2 atom stereocenters. The molecule has 1 fully saturated rings. The van der Waals surface area contributed by atoms with Crippen molar-refractivity contribution in [2.24, 2.45) is 5.73 Å². The van der Waals surface area contributed by atoms with Crippen LogP contribution < -0.4 is 5.73 Å². The fourth-order valence-corrected chi connectivity index (χ4v) is 4.71. The van der Waals surface area contributed by atoms with Crippen molar-refractivity contribution in [2.75, 3.05) is 19.6 Å². The zero-order valence-corrected chi connectivity index (χ0v) is 16.0. The largest absolute Gasteiger partial charge is 0.341 e. The first-order valence-electron chi connectivity index (χ1n) is 8.39. The van der Waals surface area contributed by atoms with E-state index in [0.717, 1.165) is 9.88 Å². The van der Waals surface area contributed by atoms with Crippen LogP contribution in [0.5, 0.6) is 0 Å². The summed E-state index contributed by atoms with van der Waals surface area (Å²) >= 11 is 3.04. The van der Waals surface area contributed by atoms with E-state index in [0.29, 0.717) is 31.7 Å². The summed E-state index contributed by atoms with van der Waals surface area (Å²) in [4.78, 5) is 34.5. The topological polar surface area (TPSA) is 79.5 Å². The van der Waals surface area contributed by atoms with Crippen molar-refractivity contribution in [2.45, 2.75) is 32.4 Å². The first-order valence-corrected chi connectivity index (χ1v) is 10.2. The van der Waals surface area contributed by atoms with Gasteiger partial charge in [0.15, 0.2) is 0 Å². The predicted molar refractivity (Wildman–Crippen MR) is 101 cm³/mol. The van der Waals surface area contributed by atoms with Crippen molar-refractivity contribution in [3.8, 4) is 9.88 Å². The maximum atomic E-state index is 12.9. The first kappa shape index (κ1) is 18.0. The van der Waals surface area contributed by atoms with Crippen molar-refractivity contribution in [3.63, 3.8) is 0 Å². The lowest BCUT2D eigenvalue weighted by molar-refractivity contribution is -0.134. The van der Waals surface area contributed by atoms with Gasteiger partial charge in [-0.25, -0.2) is 4.98 Å². The van der Waals surface area contributed by atoms with Crippen LogP contribution in [0.2, 0.25) is 0 Å². The monoisotopic (exact) mass is 378 g/mol. The zero-order valence-electron chi connectivity index (χ0n) is 14.3. The number of rotatable bonds is 5. The van der Waals surface area contributed by atoms with E-state index >= 15 is 0 Å². The van der Waals surface area contributed by atoms with Crippen molar-refractivity contribution in [1.82, 2.24) is 14.8 Å². The van der Waals surface area contributed by atoms with Gasteiger partial charge in [0.05, 0.1) is 4.88 Å². The van der Waals surface area contributed by atoms with Gasteiger partial charge in [-0.1, -0.05) is 6.07 Å². The minimum Gasteiger partial charge on any atom is -0.341 e. The molecule has 3 heterocycles. The molecule has 0 spiro atoms. The zero-order chi connectivity index (χ0) is 18.0. The van der Waals surface area contributed by atoms with E-state index in [4.69, 9.17) is 5.73 Å². The maximum absolute atomic E-state index is 12.9. The van der Waals surface area contributed by atoms with Gasteiger partial charge in [-0.05, 0) is 31.7 Å². The van der Waals surface area contributed by atoms with Gasteiger partial charge in [0.2, 0.25) is 5.91 Å². The maximum Gasteiger partial charge on any atom is 0.274 e.